The molecule has 3 atom stereocenters. The van der Waals surface area contributed by atoms with Crippen LogP contribution in [0.5, 0.6) is 5.75 Å². The summed E-state index contributed by atoms with van der Waals surface area (Å²) < 4.78 is 5.45. The number of benzene rings is 1. The van der Waals surface area contributed by atoms with Gasteiger partial charge in [0, 0.05) is 12.1 Å². The molecule has 3 rings (SSSR count). The Morgan fingerprint density at radius 1 is 1.33 bits per heavy atom. The average molecular weight is 284 g/mol. The van der Waals surface area contributed by atoms with Crippen molar-refractivity contribution < 1.29 is 4.74 Å². The Bertz CT molecular complexity index is 602. The van der Waals surface area contributed by atoms with Gasteiger partial charge in [-0.25, -0.2) is 0 Å². The molecular formula is C18H24N2O. The fourth-order valence-electron chi connectivity index (χ4n) is 4.49. The Morgan fingerprint density at radius 3 is 2.62 bits per heavy atom. The first kappa shape index (κ1) is 14.3. The minimum absolute atomic E-state index is 0.330. The van der Waals surface area contributed by atoms with Gasteiger partial charge in [-0.15, -0.1) is 0 Å². The van der Waals surface area contributed by atoms with Crippen LogP contribution in [0.3, 0.4) is 0 Å². The molecule has 21 heavy (non-hydrogen) atoms. The van der Waals surface area contributed by atoms with Crippen LogP contribution in [-0.2, 0) is 0 Å². The van der Waals surface area contributed by atoms with Crippen molar-refractivity contribution >= 4 is 5.69 Å². The topological polar surface area (TPSA) is 45.0 Å². The van der Waals surface area contributed by atoms with Gasteiger partial charge in [0.25, 0.3) is 0 Å². The Morgan fingerprint density at radius 2 is 2.10 bits per heavy atom. The van der Waals surface area contributed by atoms with E-state index in [4.69, 9.17) is 10.00 Å². The van der Waals surface area contributed by atoms with Crippen LogP contribution < -0.4 is 10.1 Å². The van der Waals surface area contributed by atoms with Crippen molar-refractivity contribution in [2.45, 2.75) is 46.1 Å². The van der Waals surface area contributed by atoms with E-state index < -0.39 is 0 Å². The Balaban J connectivity index is 1.88. The molecule has 0 heterocycles. The molecule has 1 aromatic carbocycles. The van der Waals surface area contributed by atoms with E-state index in [1.807, 2.05) is 18.2 Å². The first-order valence-corrected chi connectivity index (χ1v) is 7.77. The molecule has 0 spiro atoms. The minimum Gasteiger partial charge on any atom is -0.495 e. The van der Waals surface area contributed by atoms with Gasteiger partial charge in [0.15, 0.2) is 0 Å². The van der Waals surface area contributed by atoms with E-state index in [1.165, 1.54) is 19.3 Å². The molecule has 112 valence electrons. The van der Waals surface area contributed by atoms with Crippen molar-refractivity contribution in [2.75, 3.05) is 12.4 Å². The lowest BCUT2D eigenvalue weighted by Crippen LogP contribution is -2.40. The molecule has 0 radical (unpaired) electrons. The molecule has 2 saturated carbocycles. The van der Waals surface area contributed by atoms with Crippen LogP contribution in [0.4, 0.5) is 5.69 Å². The van der Waals surface area contributed by atoms with Crippen molar-refractivity contribution in [3.05, 3.63) is 23.8 Å². The molecule has 3 heteroatoms. The molecule has 2 fully saturated rings. The molecule has 1 N–H and O–H groups in total. The van der Waals surface area contributed by atoms with E-state index in [-0.39, 0.29) is 0 Å². The number of hydrogen-bond donors (Lipinski definition) is 1. The van der Waals surface area contributed by atoms with Gasteiger partial charge in [0.05, 0.1) is 24.4 Å². The molecule has 1 aromatic rings. The van der Waals surface area contributed by atoms with Crippen LogP contribution >= 0.6 is 0 Å². The SMILES string of the molecule is COc1cc(C#N)ccc1NC1CC2CCC1(C)C2(C)C. The molecule has 2 bridgehead atoms. The lowest BCUT2D eigenvalue weighted by atomic mass is 9.69. The van der Waals surface area contributed by atoms with Crippen molar-refractivity contribution in [1.29, 1.82) is 5.26 Å². The number of nitriles is 1. The molecular weight excluding hydrogens is 260 g/mol. The number of hydrogen-bond acceptors (Lipinski definition) is 3. The summed E-state index contributed by atoms with van der Waals surface area (Å²) in [6, 6.07) is 8.28. The zero-order chi connectivity index (χ0) is 15.3. The number of fused-ring (bicyclic) bond motifs is 2. The molecule has 0 amide bonds. The summed E-state index contributed by atoms with van der Waals surface area (Å²) in [5.41, 5.74) is 2.36. The molecule has 3 nitrogen and oxygen atoms in total. The van der Waals surface area contributed by atoms with E-state index in [0.29, 0.717) is 22.4 Å². The summed E-state index contributed by atoms with van der Waals surface area (Å²) in [4.78, 5) is 0. The van der Waals surface area contributed by atoms with Crippen molar-refractivity contribution in [1.82, 2.24) is 0 Å². The predicted molar refractivity (Wildman–Crippen MR) is 84.3 cm³/mol. The maximum Gasteiger partial charge on any atom is 0.143 e. The third kappa shape index (κ3) is 1.92. The standard InChI is InChI=1S/C18H24N2O/c1-17(2)13-7-8-18(17,3)16(10-13)20-14-6-5-12(11-19)9-15(14)21-4/h5-6,9,13,16,20H,7-8,10H2,1-4H3. The number of nitrogens with zero attached hydrogens (tertiary/aromatic N) is 1. The lowest BCUT2D eigenvalue weighted by Gasteiger charge is -2.40. The Hall–Kier alpha value is -1.69. The number of nitrogens with one attached hydrogen (secondary N) is 1. The Labute approximate surface area is 127 Å². The monoisotopic (exact) mass is 284 g/mol. The maximum absolute atomic E-state index is 9.00. The second-order valence-corrected chi connectivity index (χ2v) is 7.33. The van der Waals surface area contributed by atoms with Gasteiger partial charge in [-0.1, -0.05) is 20.8 Å². The second kappa shape index (κ2) is 4.66. The largest absolute Gasteiger partial charge is 0.495 e. The smallest absolute Gasteiger partial charge is 0.143 e. The number of rotatable bonds is 3. The van der Waals surface area contributed by atoms with Gasteiger partial charge in [-0.3, -0.25) is 0 Å². The van der Waals surface area contributed by atoms with Crippen molar-refractivity contribution in [3.8, 4) is 11.8 Å². The van der Waals surface area contributed by atoms with E-state index in [1.54, 1.807) is 7.11 Å². The van der Waals surface area contributed by atoms with E-state index in [0.717, 1.165) is 17.4 Å². The molecule has 0 aromatic heterocycles. The number of anilines is 1. The quantitative estimate of drug-likeness (QED) is 0.905. The van der Waals surface area contributed by atoms with Gasteiger partial charge < -0.3 is 10.1 Å². The highest BCUT2D eigenvalue weighted by Crippen LogP contribution is 2.66. The van der Waals surface area contributed by atoms with Crippen LogP contribution in [0.25, 0.3) is 0 Å². The molecule has 3 unspecified atom stereocenters. The molecule has 2 aliphatic rings. The van der Waals surface area contributed by atoms with E-state index in [2.05, 4.69) is 32.2 Å². The second-order valence-electron chi connectivity index (χ2n) is 7.33. The highest BCUT2D eigenvalue weighted by atomic mass is 16.5. The molecule has 2 aliphatic carbocycles. The zero-order valence-corrected chi connectivity index (χ0v) is 13.4. The van der Waals surface area contributed by atoms with Gasteiger partial charge in [-0.05, 0) is 48.1 Å². The normalized spacial score (nSPS) is 32.7. The Kier molecular flexibility index (Phi) is 3.16. The summed E-state index contributed by atoms with van der Waals surface area (Å²) in [7, 11) is 1.66. The summed E-state index contributed by atoms with van der Waals surface area (Å²) in [5.74, 6) is 1.57. The number of ether oxygens (including phenoxy) is 1. The highest BCUT2D eigenvalue weighted by molar-refractivity contribution is 5.60. The van der Waals surface area contributed by atoms with Crippen molar-refractivity contribution in [2.24, 2.45) is 16.7 Å². The minimum atomic E-state index is 0.330. The van der Waals surface area contributed by atoms with Crippen molar-refractivity contribution in [3.63, 3.8) is 0 Å². The first-order valence-electron chi connectivity index (χ1n) is 7.77. The summed E-state index contributed by atoms with van der Waals surface area (Å²) in [6.07, 6.45) is 3.87. The average Bonchev–Trinajstić information content (AvgIpc) is 2.81. The lowest BCUT2D eigenvalue weighted by molar-refractivity contribution is 0.142. The van der Waals surface area contributed by atoms with Crippen LogP contribution in [0, 0.1) is 28.1 Å². The van der Waals surface area contributed by atoms with Gasteiger partial charge in [-0.2, -0.15) is 5.26 Å². The predicted octanol–water partition coefficient (Wildman–Crippen LogP) is 4.19. The summed E-state index contributed by atoms with van der Waals surface area (Å²) >= 11 is 0. The fourth-order valence-corrected chi connectivity index (χ4v) is 4.49. The van der Waals surface area contributed by atoms with Crippen LogP contribution in [0.2, 0.25) is 0 Å². The first-order chi connectivity index (χ1) is 9.92. The zero-order valence-electron chi connectivity index (χ0n) is 13.4. The van der Waals surface area contributed by atoms with Gasteiger partial charge in [0.1, 0.15) is 5.75 Å². The van der Waals surface area contributed by atoms with Crippen LogP contribution in [0.1, 0.15) is 45.6 Å². The van der Waals surface area contributed by atoms with E-state index in [9.17, 15) is 0 Å². The third-order valence-corrected chi connectivity index (χ3v) is 6.45. The number of methoxy groups -OCH3 is 1. The van der Waals surface area contributed by atoms with E-state index >= 15 is 0 Å². The maximum atomic E-state index is 9.00. The van der Waals surface area contributed by atoms with Crippen LogP contribution in [-0.4, -0.2) is 13.2 Å². The van der Waals surface area contributed by atoms with Crippen LogP contribution in [0.15, 0.2) is 18.2 Å². The highest BCUT2D eigenvalue weighted by Gasteiger charge is 2.61. The van der Waals surface area contributed by atoms with Gasteiger partial charge in [0.2, 0.25) is 0 Å². The third-order valence-electron chi connectivity index (χ3n) is 6.45. The summed E-state index contributed by atoms with van der Waals surface area (Å²) in [6.45, 7) is 7.26. The summed E-state index contributed by atoms with van der Waals surface area (Å²) in [5, 5.41) is 12.7. The molecule has 0 aliphatic heterocycles. The molecule has 0 saturated heterocycles. The van der Waals surface area contributed by atoms with Gasteiger partial charge >= 0.3 is 0 Å². The fraction of sp³-hybridized carbons (Fsp3) is 0.611.